The molecule has 2 N–H and O–H groups in total. The van der Waals surface area contributed by atoms with Crippen LogP contribution in [-0.4, -0.2) is 23.9 Å². The van der Waals surface area contributed by atoms with E-state index in [9.17, 15) is 14.9 Å². The molecule has 0 saturated heterocycles. The Morgan fingerprint density at radius 3 is 2.68 bits per heavy atom. The van der Waals surface area contributed by atoms with E-state index >= 15 is 0 Å². The summed E-state index contributed by atoms with van der Waals surface area (Å²) in [6.07, 6.45) is 1.53. The molecule has 0 aliphatic carbocycles. The molecule has 0 heterocycles. The van der Waals surface area contributed by atoms with E-state index in [0.29, 0.717) is 17.7 Å². The molecule has 6 heteroatoms. The number of aryl methyl sites for hydroxylation is 1. The van der Waals surface area contributed by atoms with Crippen molar-refractivity contribution in [3.05, 3.63) is 33.9 Å². The number of amides is 1. The average molecular weight is 265 g/mol. The Labute approximate surface area is 112 Å². The molecule has 0 aliphatic rings. The van der Waals surface area contributed by atoms with E-state index in [-0.39, 0.29) is 18.1 Å². The molecule has 0 spiro atoms. The minimum absolute atomic E-state index is 0.0433. The van der Waals surface area contributed by atoms with Gasteiger partial charge in [0, 0.05) is 17.3 Å². The summed E-state index contributed by atoms with van der Waals surface area (Å²) in [4.78, 5) is 22.1. The van der Waals surface area contributed by atoms with Crippen LogP contribution in [0.25, 0.3) is 0 Å². The van der Waals surface area contributed by atoms with Gasteiger partial charge in [-0.25, -0.2) is 0 Å². The summed E-state index contributed by atoms with van der Waals surface area (Å²) in [5.74, 6) is -0.202. The molecule has 1 aromatic carbocycles. The van der Waals surface area contributed by atoms with Gasteiger partial charge in [0.2, 0.25) is 5.91 Å². The number of hydrogen-bond acceptors (Lipinski definition) is 4. The lowest BCUT2D eigenvalue weighted by molar-refractivity contribution is -0.385. The zero-order valence-corrected chi connectivity index (χ0v) is 11.2. The van der Waals surface area contributed by atoms with Crippen molar-refractivity contribution in [2.45, 2.75) is 26.7 Å². The molecule has 0 fully saturated rings. The fourth-order valence-electron chi connectivity index (χ4n) is 1.69. The van der Waals surface area contributed by atoms with E-state index in [0.717, 1.165) is 13.0 Å². The maximum absolute atomic E-state index is 11.6. The quantitative estimate of drug-likeness (QED) is 0.449. The topological polar surface area (TPSA) is 84.3 Å². The Hall–Kier alpha value is -1.95. The molecule has 6 nitrogen and oxygen atoms in total. The minimum Gasteiger partial charge on any atom is -0.325 e. The lowest BCUT2D eigenvalue weighted by atomic mass is 10.1. The zero-order valence-electron chi connectivity index (χ0n) is 11.2. The molecule has 0 aliphatic heterocycles. The number of benzene rings is 1. The van der Waals surface area contributed by atoms with Crippen LogP contribution in [0.5, 0.6) is 0 Å². The van der Waals surface area contributed by atoms with Crippen LogP contribution in [0.3, 0.4) is 0 Å². The Morgan fingerprint density at radius 2 is 2.11 bits per heavy atom. The number of carbonyl (C=O) groups is 1. The molecule has 19 heavy (non-hydrogen) atoms. The summed E-state index contributed by atoms with van der Waals surface area (Å²) < 4.78 is 0. The van der Waals surface area contributed by atoms with Gasteiger partial charge in [0.05, 0.1) is 11.5 Å². The first-order valence-corrected chi connectivity index (χ1v) is 6.36. The second-order valence-electron chi connectivity index (χ2n) is 4.18. The number of carbonyl (C=O) groups excluding carboxylic acids is 1. The third-order valence-corrected chi connectivity index (χ3v) is 2.66. The number of rotatable bonds is 7. The van der Waals surface area contributed by atoms with Crippen LogP contribution in [0.4, 0.5) is 11.4 Å². The monoisotopic (exact) mass is 265 g/mol. The van der Waals surface area contributed by atoms with Crippen LogP contribution in [0.2, 0.25) is 0 Å². The Balaban J connectivity index is 2.71. The van der Waals surface area contributed by atoms with E-state index in [1.807, 2.05) is 13.8 Å². The SMILES string of the molecule is CCCNCC(=O)Nc1ccc(CC)c([N+](=O)[O-])c1. The molecular formula is C13H19N3O3. The van der Waals surface area contributed by atoms with Gasteiger partial charge in [-0.15, -0.1) is 0 Å². The highest BCUT2D eigenvalue weighted by Crippen LogP contribution is 2.23. The van der Waals surface area contributed by atoms with Crippen LogP contribution in [0, 0.1) is 10.1 Å². The van der Waals surface area contributed by atoms with Crippen LogP contribution < -0.4 is 10.6 Å². The number of nitro groups is 1. The predicted octanol–water partition coefficient (Wildman–Crippen LogP) is 2.10. The Bertz CT molecular complexity index is 460. The molecule has 1 aromatic rings. The minimum atomic E-state index is -0.427. The van der Waals surface area contributed by atoms with Crippen molar-refractivity contribution < 1.29 is 9.72 Å². The van der Waals surface area contributed by atoms with E-state index in [2.05, 4.69) is 10.6 Å². The summed E-state index contributed by atoms with van der Waals surface area (Å²) in [6.45, 7) is 4.84. The van der Waals surface area contributed by atoms with E-state index < -0.39 is 4.92 Å². The molecule has 0 bridgehead atoms. The smallest absolute Gasteiger partial charge is 0.274 e. The Kier molecular flexibility index (Phi) is 5.95. The summed E-state index contributed by atoms with van der Waals surface area (Å²) >= 11 is 0. The fraction of sp³-hybridized carbons (Fsp3) is 0.462. The maximum atomic E-state index is 11.6. The highest BCUT2D eigenvalue weighted by Gasteiger charge is 2.13. The normalized spacial score (nSPS) is 10.2. The van der Waals surface area contributed by atoms with Gasteiger partial charge in [0.25, 0.3) is 5.69 Å². The standard InChI is InChI=1S/C13H19N3O3/c1-3-7-14-9-13(17)15-11-6-5-10(4-2)12(8-11)16(18)19/h5-6,8,14H,3-4,7,9H2,1-2H3,(H,15,17). The summed E-state index contributed by atoms with van der Waals surface area (Å²) in [6, 6.07) is 4.76. The summed E-state index contributed by atoms with van der Waals surface area (Å²) in [5.41, 5.74) is 1.15. The highest BCUT2D eigenvalue weighted by atomic mass is 16.6. The Morgan fingerprint density at radius 1 is 1.37 bits per heavy atom. The largest absolute Gasteiger partial charge is 0.325 e. The summed E-state index contributed by atoms with van der Waals surface area (Å²) in [5, 5.41) is 16.5. The van der Waals surface area contributed by atoms with Crippen LogP contribution in [0.1, 0.15) is 25.8 Å². The lowest BCUT2D eigenvalue weighted by Crippen LogP contribution is -2.28. The first-order valence-electron chi connectivity index (χ1n) is 6.36. The second kappa shape index (κ2) is 7.48. The van der Waals surface area contributed by atoms with E-state index in [1.54, 1.807) is 12.1 Å². The van der Waals surface area contributed by atoms with Gasteiger partial charge in [-0.3, -0.25) is 14.9 Å². The first-order chi connectivity index (χ1) is 9.08. The van der Waals surface area contributed by atoms with E-state index in [4.69, 9.17) is 0 Å². The number of nitrogens with zero attached hydrogens (tertiary/aromatic N) is 1. The third kappa shape index (κ3) is 4.67. The van der Waals surface area contributed by atoms with Crippen LogP contribution in [-0.2, 0) is 11.2 Å². The van der Waals surface area contributed by atoms with Crippen molar-refractivity contribution >= 4 is 17.3 Å². The van der Waals surface area contributed by atoms with Gasteiger partial charge in [-0.1, -0.05) is 19.9 Å². The van der Waals surface area contributed by atoms with Crippen molar-refractivity contribution in [3.8, 4) is 0 Å². The number of nitrogens with one attached hydrogen (secondary N) is 2. The van der Waals surface area contributed by atoms with Gasteiger partial charge in [-0.05, 0) is 25.5 Å². The molecule has 1 amide bonds. The van der Waals surface area contributed by atoms with Gasteiger partial charge in [0.1, 0.15) is 0 Å². The predicted molar refractivity (Wildman–Crippen MR) is 74.3 cm³/mol. The lowest BCUT2D eigenvalue weighted by Gasteiger charge is -2.07. The summed E-state index contributed by atoms with van der Waals surface area (Å²) in [7, 11) is 0. The van der Waals surface area contributed by atoms with Gasteiger partial charge >= 0.3 is 0 Å². The highest BCUT2D eigenvalue weighted by molar-refractivity contribution is 5.92. The number of anilines is 1. The molecule has 0 saturated carbocycles. The van der Waals surface area contributed by atoms with Crippen molar-refractivity contribution in [2.75, 3.05) is 18.4 Å². The zero-order chi connectivity index (χ0) is 14.3. The third-order valence-electron chi connectivity index (χ3n) is 2.66. The van der Waals surface area contributed by atoms with Crippen molar-refractivity contribution in [1.29, 1.82) is 0 Å². The average Bonchev–Trinajstić information content (AvgIpc) is 2.39. The molecule has 0 atom stereocenters. The van der Waals surface area contributed by atoms with Crippen LogP contribution in [0.15, 0.2) is 18.2 Å². The van der Waals surface area contributed by atoms with Crippen molar-refractivity contribution in [2.24, 2.45) is 0 Å². The van der Waals surface area contributed by atoms with Crippen molar-refractivity contribution in [3.63, 3.8) is 0 Å². The van der Waals surface area contributed by atoms with Crippen molar-refractivity contribution in [1.82, 2.24) is 5.32 Å². The molecule has 1 rings (SSSR count). The molecule has 104 valence electrons. The molecule has 0 unspecified atom stereocenters. The second-order valence-corrected chi connectivity index (χ2v) is 4.18. The number of hydrogen-bond donors (Lipinski definition) is 2. The molecule has 0 radical (unpaired) electrons. The molecular weight excluding hydrogens is 246 g/mol. The van der Waals surface area contributed by atoms with Gasteiger partial charge < -0.3 is 10.6 Å². The number of nitro benzene ring substituents is 1. The van der Waals surface area contributed by atoms with Gasteiger partial charge in [-0.2, -0.15) is 0 Å². The van der Waals surface area contributed by atoms with Gasteiger partial charge in [0.15, 0.2) is 0 Å². The first kappa shape index (κ1) is 15.1. The maximum Gasteiger partial charge on any atom is 0.274 e. The van der Waals surface area contributed by atoms with Crippen LogP contribution >= 0.6 is 0 Å². The van der Waals surface area contributed by atoms with E-state index in [1.165, 1.54) is 6.07 Å². The molecule has 0 aromatic heterocycles. The fourth-order valence-corrected chi connectivity index (χ4v) is 1.69.